The monoisotopic (exact) mass is 484 g/mol. The maximum atomic E-state index is 12.9. The maximum Gasteiger partial charge on any atom is 0.321 e. The van der Waals surface area contributed by atoms with E-state index in [0.29, 0.717) is 19.6 Å². The molecule has 0 spiro atoms. The molecule has 0 unspecified atom stereocenters. The highest BCUT2D eigenvalue weighted by atomic mass is 35.5. The molecule has 3 amide bonds. The van der Waals surface area contributed by atoms with Gasteiger partial charge in [0.1, 0.15) is 4.90 Å². The Balaban J connectivity index is 1.46. The lowest BCUT2D eigenvalue weighted by Crippen LogP contribution is -2.52. The molecule has 0 atom stereocenters. The van der Waals surface area contributed by atoms with Gasteiger partial charge in [-0.2, -0.15) is 4.31 Å². The van der Waals surface area contributed by atoms with Crippen LogP contribution < -0.4 is 10.6 Å². The molecule has 0 saturated carbocycles. The fraction of sp³-hybridized carbons (Fsp3) is 0.300. The molecule has 0 radical (unpaired) electrons. The molecule has 1 fully saturated rings. The van der Waals surface area contributed by atoms with Gasteiger partial charge in [0.25, 0.3) is 0 Å². The third-order valence-corrected chi connectivity index (χ3v) is 7.65. The van der Waals surface area contributed by atoms with E-state index in [1.54, 1.807) is 4.90 Å². The Bertz CT molecular complexity index is 1040. The van der Waals surface area contributed by atoms with Crippen molar-refractivity contribution < 1.29 is 18.0 Å². The second-order valence-corrected chi connectivity index (χ2v) is 9.64. The first-order valence-electron chi connectivity index (χ1n) is 9.55. The van der Waals surface area contributed by atoms with Gasteiger partial charge in [-0.1, -0.05) is 59.6 Å². The maximum absolute atomic E-state index is 12.9. The Hall–Kier alpha value is -2.17. The van der Waals surface area contributed by atoms with Gasteiger partial charge < -0.3 is 5.32 Å². The van der Waals surface area contributed by atoms with Crippen LogP contribution in [0.5, 0.6) is 0 Å². The summed E-state index contributed by atoms with van der Waals surface area (Å²) in [5, 5.41) is 5.07. The molecule has 0 aromatic heterocycles. The topological polar surface area (TPSA) is 98.8 Å². The second-order valence-electron chi connectivity index (χ2n) is 6.95. The van der Waals surface area contributed by atoms with Gasteiger partial charge in [-0.3, -0.25) is 15.0 Å². The first-order valence-corrected chi connectivity index (χ1v) is 11.7. The van der Waals surface area contributed by atoms with Gasteiger partial charge in [0, 0.05) is 32.7 Å². The molecule has 1 saturated heterocycles. The van der Waals surface area contributed by atoms with Crippen molar-refractivity contribution >= 4 is 45.2 Å². The zero-order chi connectivity index (χ0) is 22.4. The summed E-state index contributed by atoms with van der Waals surface area (Å²) in [4.78, 5) is 25.8. The molecular weight excluding hydrogens is 463 g/mol. The van der Waals surface area contributed by atoms with Crippen LogP contribution in [0.4, 0.5) is 4.79 Å². The Kier molecular flexibility index (Phi) is 7.90. The van der Waals surface area contributed by atoms with Gasteiger partial charge in [-0.05, 0) is 17.7 Å². The third kappa shape index (κ3) is 6.18. The van der Waals surface area contributed by atoms with Crippen LogP contribution in [0.1, 0.15) is 5.56 Å². The SMILES string of the molecule is O=C(CN1CCN(S(=O)(=O)c2cccc(Cl)c2Cl)CC1)NC(=O)NCc1ccccc1. The molecule has 1 heterocycles. The number of nitrogens with one attached hydrogen (secondary N) is 2. The van der Waals surface area contributed by atoms with Crippen LogP contribution in [0, 0.1) is 0 Å². The number of imide groups is 1. The molecule has 8 nitrogen and oxygen atoms in total. The van der Waals surface area contributed by atoms with E-state index in [2.05, 4.69) is 10.6 Å². The number of amides is 3. The van der Waals surface area contributed by atoms with E-state index in [4.69, 9.17) is 23.2 Å². The van der Waals surface area contributed by atoms with Crippen molar-refractivity contribution in [3.63, 3.8) is 0 Å². The fourth-order valence-electron chi connectivity index (χ4n) is 3.14. The average Bonchev–Trinajstić information content (AvgIpc) is 2.75. The normalized spacial score (nSPS) is 15.4. The van der Waals surface area contributed by atoms with E-state index in [1.165, 1.54) is 22.5 Å². The van der Waals surface area contributed by atoms with Gasteiger partial charge in [-0.15, -0.1) is 0 Å². The van der Waals surface area contributed by atoms with E-state index >= 15 is 0 Å². The first-order chi connectivity index (χ1) is 14.8. The number of sulfonamides is 1. The number of urea groups is 1. The lowest BCUT2D eigenvalue weighted by Gasteiger charge is -2.33. The molecule has 11 heteroatoms. The number of benzene rings is 2. The van der Waals surface area contributed by atoms with Gasteiger partial charge in [-0.25, -0.2) is 13.2 Å². The lowest BCUT2D eigenvalue weighted by molar-refractivity contribution is -0.121. The van der Waals surface area contributed by atoms with Crippen molar-refractivity contribution in [2.75, 3.05) is 32.7 Å². The minimum Gasteiger partial charge on any atom is -0.334 e. The third-order valence-electron chi connectivity index (χ3n) is 4.78. The standard InChI is InChI=1S/C20H22Cl2N4O4S/c21-16-7-4-8-17(19(16)22)31(29,30)26-11-9-25(10-12-26)14-18(27)24-20(28)23-13-15-5-2-1-3-6-15/h1-8H,9-14H2,(H2,23,24,27,28). The van der Waals surface area contributed by atoms with Gasteiger partial charge in [0.15, 0.2) is 0 Å². The molecule has 1 aliphatic rings. The first kappa shape index (κ1) is 23.5. The Morgan fingerprint density at radius 1 is 0.935 bits per heavy atom. The molecule has 2 aromatic rings. The van der Waals surface area contributed by atoms with Crippen molar-refractivity contribution in [1.29, 1.82) is 0 Å². The van der Waals surface area contributed by atoms with E-state index in [1.807, 2.05) is 30.3 Å². The molecular formula is C20H22Cl2N4O4S. The Labute approximate surface area is 191 Å². The van der Waals surface area contributed by atoms with Crippen molar-refractivity contribution in [1.82, 2.24) is 19.8 Å². The van der Waals surface area contributed by atoms with E-state index in [9.17, 15) is 18.0 Å². The molecule has 3 rings (SSSR count). The molecule has 1 aliphatic heterocycles. The van der Waals surface area contributed by atoms with E-state index < -0.39 is 22.0 Å². The summed E-state index contributed by atoms with van der Waals surface area (Å²) in [6.45, 7) is 1.37. The molecule has 31 heavy (non-hydrogen) atoms. The van der Waals surface area contributed by atoms with Gasteiger partial charge in [0.2, 0.25) is 15.9 Å². The van der Waals surface area contributed by atoms with Crippen LogP contribution >= 0.6 is 23.2 Å². The average molecular weight is 485 g/mol. The number of carbonyl (C=O) groups is 2. The summed E-state index contributed by atoms with van der Waals surface area (Å²) >= 11 is 12.0. The number of rotatable bonds is 6. The molecule has 2 N–H and O–H groups in total. The van der Waals surface area contributed by atoms with Crippen molar-refractivity contribution in [2.45, 2.75) is 11.4 Å². The number of hydrogen-bond acceptors (Lipinski definition) is 5. The van der Waals surface area contributed by atoms with Crippen LogP contribution in [0.2, 0.25) is 10.0 Å². The highest BCUT2D eigenvalue weighted by Crippen LogP contribution is 2.31. The van der Waals surface area contributed by atoms with Crippen LogP contribution in [-0.2, 0) is 21.4 Å². The summed E-state index contributed by atoms with van der Waals surface area (Å²) < 4.78 is 27.0. The highest BCUT2D eigenvalue weighted by Gasteiger charge is 2.31. The van der Waals surface area contributed by atoms with E-state index in [-0.39, 0.29) is 34.6 Å². The zero-order valence-electron chi connectivity index (χ0n) is 16.6. The smallest absolute Gasteiger partial charge is 0.321 e. The Morgan fingerprint density at radius 2 is 1.61 bits per heavy atom. The number of piperazine rings is 1. The number of halogens is 2. The van der Waals surface area contributed by atoms with Crippen LogP contribution in [0.25, 0.3) is 0 Å². The largest absolute Gasteiger partial charge is 0.334 e. The van der Waals surface area contributed by atoms with Crippen molar-refractivity contribution in [2.24, 2.45) is 0 Å². The minimum absolute atomic E-state index is 0.00695. The summed E-state index contributed by atoms with van der Waals surface area (Å²) in [6, 6.07) is 13.2. The quantitative estimate of drug-likeness (QED) is 0.655. The van der Waals surface area contributed by atoms with Crippen LogP contribution in [-0.4, -0.2) is 62.3 Å². The number of hydrogen-bond donors (Lipinski definition) is 2. The zero-order valence-corrected chi connectivity index (χ0v) is 18.9. The van der Waals surface area contributed by atoms with Crippen LogP contribution in [0.3, 0.4) is 0 Å². The van der Waals surface area contributed by atoms with Gasteiger partial charge in [0.05, 0.1) is 16.6 Å². The minimum atomic E-state index is -3.79. The second kappa shape index (κ2) is 10.4. The molecule has 0 bridgehead atoms. The van der Waals surface area contributed by atoms with Gasteiger partial charge >= 0.3 is 6.03 Å². The van der Waals surface area contributed by atoms with Crippen molar-refractivity contribution in [3.05, 3.63) is 64.1 Å². The summed E-state index contributed by atoms with van der Waals surface area (Å²) in [5.41, 5.74) is 0.919. The summed E-state index contributed by atoms with van der Waals surface area (Å²) in [5.74, 6) is -0.459. The highest BCUT2D eigenvalue weighted by molar-refractivity contribution is 7.89. The molecule has 0 aliphatic carbocycles. The summed E-state index contributed by atoms with van der Waals surface area (Å²) in [6.07, 6.45) is 0. The predicted octanol–water partition coefficient (Wildman–Crippen LogP) is 2.33. The predicted molar refractivity (Wildman–Crippen MR) is 118 cm³/mol. The van der Waals surface area contributed by atoms with Crippen molar-refractivity contribution in [3.8, 4) is 0 Å². The number of nitrogens with zero attached hydrogens (tertiary/aromatic N) is 2. The fourth-order valence-corrected chi connectivity index (χ4v) is 5.30. The van der Waals surface area contributed by atoms with E-state index in [0.717, 1.165) is 5.56 Å². The lowest BCUT2D eigenvalue weighted by atomic mass is 10.2. The number of carbonyl (C=O) groups excluding carboxylic acids is 2. The molecule has 2 aromatic carbocycles. The van der Waals surface area contributed by atoms with Crippen LogP contribution in [0.15, 0.2) is 53.4 Å². The summed E-state index contributed by atoms with van der Waals surface area (Å²) in [7, 11) is -3.79. The molecule has 166 valence electrons. The Morgan fingerprint density at radius 3 is 2.29 bits per heavy atom.